The zero-order valence-corrected chi connectivity index (χ0v) is 12.2. The summed E-state index contributed by atoms with van der Waals surface area (Å²) in [4.78, 5) is 0. The van der Waals surface area contributed by atoms with Gasteiger partial charge < -0.3 is 10.1 Å². The minimum absolute atomic E-state index is 0.0516. The number of halogens is 3. The van der Waals surface area contributed by atoms with Gasteiger partial charge in [-0.1, -0.05) is 17.7 Å². The fourth-order valence-corrected chi connectivity index (χ4v) is 2.07. The number of hydrogen-bond donors (Lipinski definition) is 1. The van der Waals surface area contributed by atoms with E-state index in [1.807, 2.05) is 32.0 Å². The number of aryl methyl sites for hydroxylation is 1. The van der Waals surface area contributed by atoms with Crippen LogP contribution in [0.15, 0.2) is 18.2 Å². The van der Waals surface area contributed by atoms with Crippen molar-refractivity contribution < 1.29 is 17.9 Å². The lowest BCUT2D eigenvalue weighted by molar-refractivity contribution is -0.135. The second-order valence-corrected chi connectivity index (χ2v) is 4.99. The van der Waals surface area contributed by atoms with Gasteiger partial charge in [0.05, 0.1) is 7.11 Å². The van der Waals surface area contributed by atoms with Gasteiger partial charge in [-0.05, 0) is 39.3 Å². The average molecular weight is 289 g/mol. The first-order chi connectivity index (χ1) is 9.33. The van der Waals surface area contributed by atoms with Crippen LogP contribution in [-0.4, -0.2) is 19.8 Å². The monoisotopic (exact) mass is 289 g/mol. The fraction of sp³-hybridized carbons (Fsp3) is 0.600. The van der Waals surface area contributed by atoms with Crippen LogP contribution in [0, 0.1) is 6.92 Å². The highest BCUT2D eigenvalue weighted by atomic mass is 19.4. The van der Waals surface area contributed by atoms with E-state index in [1.54, 1.807) is 7.11 Å². The summed E-state index contributed by atoms with van der Waals surface area (Å²) in [5.41, 5.74) is 2.16. The van der Waals surface area contributed by atoms with Crippen molar-refractivity contribution >= 4 is 0 Å². The molecule has 0 saturated carbocycles. The van der Waals surface area contributed by atoms with Crippen LogP contribution in [0.1, 0.15) is 43.4 Å². The molecule has 0 aliphatic heterocycles. The second kappa shape index (κ2) is 7.53. The number of ether oxygens (including phenoxy) is 1. The molecule has 2 nitrogen and oxygen atoms in total. The van der Waals surface area contributed by atoms with Crippen LogP contribution >= 0.6 is 0 Å². The number of rotatable bonds is 7. The van der Waals surface area contributed by atoms with E-state index in [0.717, 1.165) is 16.9 Å². The van der Waals surface area contributed by atoms with Crippen LogP contribution < -0.4 is 10.1 Å². The molecule has 20 heavy (non-hydrogen) atoms. The van der Waals surface area contributed by atoms with Gasteiger partial charge in [0, 0.05) is 18.0 Å². The molecule has 0 aliphatic rings. The Morgan fingerprint density at radius 1 is 1.25 bits per heavy atom. The van der Waals surface area contributed by atoms with Crippen molar-refractivity contribution in [3.8, 4) is 5.75 Å². The predicted molar refractivity (Wildman–Crippen MR) is 74.1 cm³/mol. The molecule has 1 aromatic rings. The molecule has 114 valence electrons. The lowest BCUT2D eigenvalue weighted by Crippen LogP contribution is -2.21. The number of unbranched alkanes of at least 4 members (excludes halogenated alkanes) is 1. The molecule has 0 amide bonds. The summed E-state index contributed by atoms with van der Waals surface area (Å²) in [6.45, 7) is 4.55. The van der Waals surface area contributed by atoms with Crippen molar-refractivity contribution in [2.45, 2.75) is 45.3 Å². The summed E-state index contributed by atoms with van der Waals surface area (Å²) >= 11 is 0. The van der Waals surface area contributed by atoms with Crippen molar-refractivity contribution in [2.24, 2.45) is 0 Å². The van der Waals surface area contributed by atoms with Crippen molar-refractivity contribution in [2.75, 3.05) is 13.7 Å². The third-order valence-electron chi connectivity index (χ3n) is 3.19. The topological polar surface area (TPSA) is 21.3 Å². The van der Waals surface area contributed by atoms with Crippen molar-refractivity contribution in [1.29, 1.82) is 0 Å². The molecule has 1 atom stereocenters. The van der Waals surface area contributed by atoms with Crippen LogP contribution in [0.4, 0.5) is 13.2 Å². The van der Waals surface area contributed by atoms with Gasteiger partial charge in [0.25, 0.3) is 0 Å². The van der Waals surface area contributed by atoms with Gasteiger partial charge in [-0.3, -0.25) is 0 Å². The molecule has 0 saturated heterocycles. The molecule has 1 N–H and O–H groups in total. The Labute approximate surface area is 118 Å². The van der Waals surface area contributed by atoms with E-state index >= 15 is 0 Å². The van der Waals surface area contributed by atoms with E-state index in [4.69, 9.17) is 4.74 Å². The molecule has 1 unspecified atom stereocenters. The van der Waals surface area contributed by atoms with Crippen LogP contribution in [0.2, 0.25) is 0 Å². The Hall–Kier alpha value is -1.23. The average Bonchev–Trinajstić information content (AvgIpc) is 2.36. The van der Waals surface area contributed by atoms with E-state index < -0.39 is 12.6 Å². The Bertz CT molecular complexity index is 418. The third kappa shape index (κ3) is 5.82. The van der Waals surface area contributed by atoms with Gasteiger partial charge in [0.1, 0.15) is 5.75 Å². The van der Waals surface area contributed by atoms with Gasteiger partial charge in [0.2, 0.25) is 0 Å². The molecule has 5 heteroatoms. The lowest BCUT2D eigenvalue weighted by Gasteiger charge is -2.18. The third-order valence-corrected chi connectivity index (χ3v) is 3.19. The Morgan fingerprint density at radius 2 is 1.95 bits per heavy atom. The van der Waals surface area contributed by atoms with Crippen molar-refractivity contribution in [1.82, 2.24) is 5.32 Å². The van der Waals surface area contributed by atoms with E-state index in [1.165, 1.54) is 0 Å². The summed E-state index contributed by atoms with van der Waals surface area (Å²) in [5.74, 6) is 0.797. The largest absolute Gasteiger partial charge is 0.496 e. The summed E-state index contributed by atoms with van der Waals surface area (Å²) in [6.07, 6.45) is -4.09. The van der Waals surface area contributed by atoms with Crippen LogP contribution in [0.5, 0.6) is 5.75 Å². The Kier molecular flexibility index (Phi) is 6.33. The maximum Gasteiger partial charge on any atom is 0.389 e. The van der Waals surface area contributed by atoms with Crippen molar-refractivity contribution in [3.63, 3.8) is 0 Å². The first-order valence-corrected chi connectivity index (χ1v) is 6.78. The van der Waals surface area contributed by atoms with Crippen LogP contribution in [-0.2, 0) is 0 Å². The molecule has 1 rings (SSSR count). The maximum absolute atomic E-state index is 12.0. The SMILES string of the molecule is COc1ccc(C)cc1C(C)NCCCCC(F)(F)F. The molecular weight excluding hydrogens is 267 g/mol. The van der Waals surface area contributed by atoms with Gasteiger partial charge in [-0.2, -0.15) is 13.2 Å². The normalized spacial score (nSPS) is 13.3. The fourth-order valence-electron chi connectivity index (χ4n) is 2.07. The highest BCUT2D eigenvalue weighted by Crippen LogP contribution is 2.26. The summed E-state index contributed by atoms with van der Waals surface area (Å²) in [5, 5.41) is 3.24. The predicted octanol–water partition coefficient (Wildman–Crippen LogP) is 4.39. The molecule has 0 aliphatic carbocycles. The zero-order chi connectivity index (χ0) is 15.2. The second-order valence-electron chi connectivity index (χ2n) is 4.99. The molecular formula is C15H22F3NO. The number of benzene rings is 1. The zero-order valence-electron chi connectivity index (χ0n) is 12.2. The van der Waals surface area contributed by atoms with Crippen molar-refractivity contribution in [3.05, 3.63) is 29.3 Å². The standard InChI is InChI=1S/C15H22F3NO/c1-11-6-7-14(20-3)13(10-11)12(2)19-9-5-4-8-15(16,17)18/h6-7,10,12,19H,4-5,8-9H2,1-3H3. The van der Waals surface area contributed by atoms with E-state index in [-0.39, 0.29) is 12.5 Å². The van der Waals surface area contributed by atoms with Gasteiger partial charge in [-0.15, -0.1) is 0 Å². The van der Waals surface area contributed by atoms with Gasteiger partial charge >= 0.3 is 6.18 Å². The first-order valence-electron chi connectivity index (χ1n) is 6.78. The Morgan fingerprint density at radius 3 is 2.55 bits per heavy atom. The van der Waals surface area contributed by atoms with E-state index in [9.17, 15) is 13.2 Å². The first kappa shape index (κ1) is 16.8. The lowest BCUT2D eigenvalue weighted by atomic mass is 10.0. The quantitative estimate of drug-likeness (QED) is 0.752. The summed E-state index contributed by atoms with van der Waals surface area (Å²) in [7, 11) is 1.62. The number of nitrogens with one attached hydrogen (secondary N) is 1. The highest BCUT2D eigenvalue weighted by Gasteiger charge is 2.25. The molecule has 0 fully saturated rings. The number of alkyl halides is 3. The molecule has 0 spiro atoms. The molecule has 0 heterocycles. The molecule has 1 aromatic carbocycles. The maximum atomic E-state index is 12.0. The van der Waals surface area contributed by atoms with E-state index in [2.05, 4.69) is 5.32 Å². The summed E-state index contributed by atoms with van der Waals surface area (Å²) < 4.78 is 41.3. The van der Waals surface area contributed by atoms with Crippen LogP contribution in [0.3, 0.4) is 0 Å². The van der Waals surface area contributed by atoms with Gasteiger partial charge in [0.15, 0.2) is 0 Å². The van der Waals surface area contributed by atoms with Crippen LogP contribution in [0.25, 0.3) is 0 Å². The summed E-state index contributed by atoms with van der Waals surface area (Å²) in [6, 6.07) is 5.97. The van der Waals surface area contributed by atoms with E-state index in [0.29, 0.717) is 13.0 Å². The minimum atomic E-state index is -4.05. The smallest absolute Gasteiger partial charge is 0.389 e. The molecule has 0 bridgehead atoms. The van der Waals surface area contributed by atoms with Gasteiger partial charge in [-0.25, -0.2) is 0 Å². The molecule has 0 radical (unpaired) electrons. The number of hydrogen-bond acceptors (Lipinski definition) is 2. The Balaban J connectivity index is 2.43. The molecule has 0 aromatic heterocycles. The number of methoxy groups -OCH3 is 1. The minimum Gasteiger partial charge on any atom is -0.496 e. The highest BCUT2D eigenvalue weighted by molar-refractivity contribution is 5.38.